The highest BCUT2D eigenvalue weighted by molar-refractivity contribution is 6.35. The molecule has 1 aliphatic rings. The van der Waals surface area contributed by atoms with Gasteiger partial charge in [-0.2, -0.15) is 0 Å². The van der Waals surface area contributed by atoms with Gasteiger partial charge in [-0.15, -0.1) is 0 Å². The fourth-order valence-corrected chi connectivity index (χ4v) is 2.40. The number of aliphatic hydroxyl groups excluding tert-OH is 1. The molecular formula is C15H19Cl2NO3. The molecule has 1 aromatic carbocycles. The summed E-state index contributed by atoms with van der Waals surface area (Å²) in [6, 6.07) is 4.86. The van der Waals surface area contributed by atoms with E-state index in [1.165, 1.54) is 12.8 Å². The van der Waals surface area contributed by atoms with E-state index in [9.17, 15) is 9.90 Å². The van der Waals surface area contributed by atoms with Gasteiger partial charge in [-0.3, -0.25) is 4.79 Å². The van der Waals surface area contributed by atoms with Crippen LogP contribution in [0.15, 0.2) is 18.2 Å². The van der Waals surface area contributed by atoms with Crippen molar-refractivity contribution in [1.82, 2.24) is 5.32 Å². The maximum Gasteiger partial charge on any atom is 0.248 e. The lowest BCUT2D eigenvalue weighted by molar-refractivity contribution is -0.132. The molecule has 1 aromatic rings. The number of carbonyl (C=O) groups excluding carboxylic acids is 1. The Hall–Kier alpha value is -0.810. The first-order valence-corrected chi connectivity index (χ1v) is 7.75. The molecule has 4 nitrogen and oxygen atoms in total. The number of ether oxygens (including phenoxy) is 1. The molecule has 2 atom stereocenters. The number of rotatable bonds is 7. The van der Waals surface area contributed by atoms with E-state index in [4.69, 9.17) is 27.9 Å². The molecule has 0 aliphatic heterocycles. The van der Waals surface area contributed by atoms with Gasteiger partial charge in [0.15, 0.2) is 0 Å². The Bertz CT molecular complexity index is 506. The van der Waals surface area contributed by atoms with Gasteiger partial charge in [-0.05, 0) is 37.8 Å². The van der Waals surface area contributed by atoms with Crippen molar-refractivity contribution < 1.29 is 14.6 Å². The molecule has 1 fully saturated rings. The van der Waals surface area contributed by atoms with Crippen molar-refractivity contribution in [1.29, 1.82) is 0 Å². The van der Waals surface area contributed by atoms with Gasteiger partial charge in [-0.1, -0.05) is 29.3 Å². The highest BCUT2D eigenvalue weighted by atomic mass is 35.5. The lowest BCUT2D eigenvalue weighted by atomic mass is 10.1. The molecule has 1 saturated carbocycles. The summed E-state index contributed by atoms with van der Waals surface area (Å²) in [6.07, 6.45) is 0.970. The SMILES string of the molecule is CC(OCC1CC1)C(=O)NCC(O)c1ccc(Cl)cc1Cl. The number of benzene rings is 1. The van der Waals surface area contributed by atoms with Crippen molar-refractivity contribution in [3.63, 3.8) is 0 Å². The molecule has 2 unspecified atom stereocenters. The zero-order chi connectivity index (χ0) is 15.4. The molecule has 1 amide bonds. The van der Waals surface area contributed by atoms with Crippen molar-refractivity contribution >= 4 is 29.1 Å². The molecule has 116 valence electrons. The Labute approximate surface area is 134 Å². The topological polar surface area (TPSA) is 58.6 Å². The first kappa shape index (κ1) is 16.6. The molecular weight excluding hydrogens is 313 g/mol. The van der Waals surface area contributed by atoms with Gasteiger partial charge in [0.25, 0.3) is 0 Å². The monoisotopic (exact) mass is 331 g/mol. The van der Waals surface area contributed by atoms with Crippen molar-refractivity contribution in [2.75, 3.05) is 13.2 Å². The Balaban J connectivity index is 1.79. The molecule has 0 radical (unpaired) electrons. The van der Waals surface area contributed by atoms with Crippen LogP contribution >= 0.6 is 23.2 Å². The summed E-state index contributed by atoms with van der Waals surface area (Å²) in [5, 5.41) is 13.6. The highest BCUT2D eigenvalue weighted by Crippen LogP contribution is 2.29. The van der Waals surface area contributed by atoms with E-state index in [1.54, 1.807) is 25.1 Å². The van der Waals surface area contributed by atoms with Crippen molar-refractivity contribution in [2.45, 2.75) is 32.0 Å². The van der Waals surface area contributed by atoms with E-state index < -0.39 is 12.2 Å². The molecule has 0 heterocycles. The molecule has 0 aromatic heterocycles. The first-order valence-electron chi connectivity index (χ1n) is 6.99. The average molecular weight is 332 g/mol. The van der Waals surface area contributed by atoms with Gasteiger partial charge in [0.05, 0.1) is 12.7 Å². The van der Waals surface area contributed by atoms with Gasteiger partial charge in [-0.25, -0.2) is 0 Å². The number of aliphatic hydroxyl groups is 1. The minimum atomic E-state index is -0.880. The third-order valence-electron chi connectivity index (χ3n) is 3.44. The number of nitrogens with one attached hydrogen (secondary N) is 1. The van der Waals surface area contributed by atoms with Crippen LogP contribution < -0.4 is 5.32 Å². The number of hydrogen-bond donors (Lipinski definition) is 2. The molecule has 0 bridgehead atoms. The van der Waals surface area contributed by atoms with E-state index in [1.807, 2.05) is 0 Å². The van der Waals surface area contributed by atoms with Crippen LogP contribution in [0.1, 0.15) is 31.4 Å². The predicted molar refractivity (Wildman–Crippen MR) is 82.6 cm³/mol. The molecule has 2 rings (SSSR count). The summed E-state index contributed by atoms with van der Waals surface area (Å²) in [6.45, 7) is 2.41. The molecule has 0 saturated heterocycles. The molecule has 6 heteroatoms. The third kappa shape index (κ3) is 5.15. The molecule has 21 heavy (non-hydrogen) atoms. The van der Waals surface area contributed by atoms with Crippen LogP contribution in [-0.2, 0) is 9.53 Å². The third-order valence-corrected chi connectivity index (χ3v) is 4.00. The minimum absolute atomic E-state index is 0.0807. The Morgan fingerprint density at radius 3 is 2.81 bits per heavy atom. The smallest absolute Gasteiger partial charge is 0.248 e. The van der Waals surface area contributed by atoms with Crippen LogP contribution in [0.4, 0.5) is 0 Å². The summed E-state index contributed by atoms with van der Waals surface area (Å²) in [5.74, 6) is 0.374. The Morgan fingerprint density at radius 2 is 2.19 bits per heavy atom. The molecule has 2 N–H and O–H groups in total. The summed E-state index contributed by atoms with van der Waals surface area (Å²) >= 11 is 11.8. The zero-order valence-corrected chi connectivity index (χ0v) is 13.3. The Morgan fingerprint density at radius 1 is 1.48 bits per heavy atom. The van der Waals surface area contributed by atoms with Crippen molar-refractivity contribution in [3.05, 3.63) is 33.8 Å². The van der Waals surface area contributed by atoms with Gasteiger partial charge >= 0.3 is 0 Å². The zero-order valence-electron chi connectivity index (χ0n) is 11.8. The summed E-state index contributed by atoms with van der Waals surface area (Å²) in [5.41, 5.74) is 0.535. The standard InChI is InChI=1S/C15H19Cl2NO3/c1-9(21-8-10-2-3-10)15(20)18-7-14(19)12-5-4-11(16)6-13(12)17/h4-6,9-10,14,19H,2-3,7-8H2,1H3,(H,18,20). The van der Waals surface area contributed by atoms with Crippen LogP contribution in [0.3, 0.4) is 0 Å². The second-order valence-electron chi connectivity index (χ2n) is 5.35. The number of hydrogen-bond acceptors (Lipinski definition) is 3. The quantitative estimate of drug-likeness (QED) is 0.807. The van der Waals surface area contributed by atoms with Crippen molar-refractivity contribution in [3.8, 4) is 0 Å². The number of carbonyl (C=O) groups is 1. The lowest BCUT2D eigenvalue weighted by Crippen LogP contribution is -2.37. The van der Waals surface area contributed by atoms with E-state index in [0.717, 1.165) is 0 Å². The van der Waals surface area contributed by atoms with Gasteiger partial charge in [0.2, 0.25) is 5.91 Å². The second kappa shape index (κ2) is 7.45. The normalized spacial score (nSPS) is 17.3. The molecule has 1 aliphatic carbocycles. The van der Waals surface area contributed by atoms with Crippen LogP contribution in [0.5, 0.6) is 0 Å². The lowest BCUT2D eigenvalue weighted by Gasteiger charge is -2.17. The van der Waals surface area contributed by atoms with E-state index in [2.05, 4.69) is 5.32 Å². The maximum atomic E-state index is 11.8. The second-order valence-corrected chi connectivity index (χ2v) is 6.19. The minimum Gasteiger partial charge on any atom is -0.387 e. The first-order chi connectivity index (χ1) is 9.97. The van der Waals surface area contributed by atoms with Crippen LogP contribution in [0.25, 0.3) is 0 Å². The van der Waals surface area contributed by atoms with Crippen LogP contribution in [0, 0.1) is 5.92 Å². The van der Waals surface area contributed by atoms with Crippen molar-refractivity contribution in [2.24, 2.45) is 5.92 Å². The average Bonchev–Trinajstić information content (AvgIpc) is 3.25. The Kier molecular flexibility index (Phi) is 5.88. The van der Waals surface area contributed by atoms with Crippen LogP contribution in [-0.4, -0.2) is 30.3 Å². The van der Waals surface area contributed by atoms with Gasteiger partial charge in [0, 0.05) is 22.2 Å². The molecule has 0 spiro atoms. The van der Waals surface area contributed by atoms with E-state index >= 15 is 0 Å². The highest BCUT2D eigenvalue weighted by Gasteiger charge is 2.24. The largest absolute Gasteiger partial charge is 0.387 e. The summed E-state index contributed by atoms with van der Waals surface area (Å²) in [7, 11) is 0. The number of amides is 1. The van der Waals surface area contributed by atoms with Crippen LogP contribution in [0.2, 0.25) is 10.0 Å². The maximum absolute atomic E-state index is 11.8. The fraction of sp³-hybridized carbons (Fsp3) is 0.533. The fourth-order valence-electron chi connectivity index (χ4n) is 1.86. The predicted octanol–water partition coefficient (Wildman–Crippen LogP) is 2.96. The van der Waals surface area contributed by atoms with E-state index in [-0.39, 0.29) is 12.5 Å². The van der Waals surface area contributed by atoms with Gasteiger partial charge in [0.1, 0.15) is 6.10 Å². The summed E-state index contributed by atoms with van der Waals surface area (Å²) in [4.78, 5) is 11.8. The number of halogens is 2. The summed E-state index contributed by atoms with van der Waals surface area (Å²) < 4.78 is 5.47. The van der Waals surface area contributed by atoms with Gasteiger partial charge < -0.3 is 15.2 Å². The van der Waals surface area contributed by atoms with E-state index in [0.29, 0.717) is 28.1 Å².